The smallest absolute Gasteiger partial charge is 0.122 e. The first-order chi connectivity index (χ1) is 9.88. The van der Waals surface area contributed by atoms with Crippen molar-refractivity contribution in [3.05, 3.63) is 53.0 Å². The molecule has 2 aromatic carbocycles. The van der Waals surface area contributed by atoms with E-state index in [9.17, 15) is 0 Å². The number of ether oxygens (including phenoxy) is 1. The van der Waals surface area contributed by atoms with Gasteiger partial charge in [-0.2, -0.15) is 0 Å². The van der Waals surface area contributed by atoms with Crippen LogP contribution in [0.3, 0.4) is 0 Å². The van der Waals surface area contributed by atoms with Crippen LogP contribution < -0.4 is 10.1 Å². The fourth-order valence-electron chi connectivity index (χ4n) is 2.52. The topological polar surface area (TPSA) is 34.2 Å². The molecule has 1 aromatic heterocycles. The number of hydrogen-bond acceptors (Lipinski definition) is 4. The van der Waals surface area contributed by atoms with E-state index in [1.54, 1.807) is 11.3 Å². The first kappa shape index (κ1) is 11.7. The van der Waals surface area contributed by atoms with Crippen LogP contribution in [0.1, 0.15) is 11.1 Å². The molecule has 1 aliphatic heterocycles. The normalized spacial score (nSPS) is 13.2. The van der Waals surface area contributed by atoms with Crippen molar-refractivity contribution in [1.82, 2.24) is 4.98 Å². The Morgan fingerprint density at radius 1 is 1.20 bits per heavy atom. The molecule has 4 heteroatoms. The summed E-state index contributed by atoms with van der Waals surface area (Å²) in [6.07, 6.45) is 1.02. The Balaban J connectivity index is 1.52. The lowest BCUT2D eigenvalue weighted by Crippen LogP contribution is -1.99. The van der Waals surface area contributed by atoms with E-state index < -0.39 is 0 Å². The zero-order chi connectivity index (χ0) is 13.4. The van der Waals surface area contributed by atoms with Gasteiger partial charge in [-0.1, -0.05) is 12.1 Å². The molecule has 4 rings (SSSR count). The fourth-order valence-corrected chi connectivity index (χ4v) is 3.24. The highest BCUT2D eigenvalue weighted by molar-refractivity contribution is 7.16. The molecule has 1 aliphatic rings. The molecule has 0 unspecified atom stereocenters. The summed E-state index contributed by atoms with van der Waals surface area (Å²) in [6.45, 7) is 1.64. The van der Waals surface area contributed by atoms with Gasteiger partial charge in [-0.15, -0.1) is 11.3 Å². The second-order valence-electron chi connectivity index (χ2n) is 4.93. The molecule has 0 saturated carbocycles. The number of anilines is 1. The summed E-state index contributed by atoms with van der Waals surface area (Å²) in [4.78, 5) is 4.29. The van der Waals surface area contributed by atoms with Crippen LogP contribution in [0.15, 0.2) is 41.9 Å². The van der Waals surface area contributed by atoms with Gasteiger partial charge in [0.1, 0.15) is 5.75 Å². The van der Waals surface area contributed by atoms with E-state index in [1.807, 2.05) is 5.51 Å². The minimum absolute atomic E-state index is 0.814. The summed E-state index contributed by atoms with van der Waals surface area (Å²) in [7, 11) is 0. The third kappa shape index (κ3) is 2.12. The third-order valence-corrected chi connectivity index (χ3v) is 4.37. The molecule has 1 N–H and O–H groups in total. The number of nitrogens with one attached hydrogen (secondary N) is 1. The van der Waals surface area contributed by atoms with E-state index >= 15 is 0 Å². The van der Waals surface area contributed by atoms with Crippen LogP contribution in [0.2, 0.25) is 0 Å². The average molecular weight is 282 g/mol. The van der Waals surface area contributed by atoms with E-state index in [4.69, 9.17) is 4.74 Å². The predicted octanol–water partition coefficient (Wildman–Crippen LogP) is 3.84. The molecular weight excluding hydrogens is 268 g/mol. The van der Waals surface area contributed by atoms with Crippen molar-refractivity contribution in [3.63, 3.8) is 0 Å². The summed E-state index contributed by atoms with van der Waals surface area (Å²) < 4.78 is 6.75. The zero-order valence-corrected chi connectivity index (χ0v) is 11.7. The Bertz CT molecular complexity index is 766. The number of benzene rings is 2. The summed E-state index contributed by atoms with van der Waals surface area (Å²) in [5, 5.41) is 3.47. The maximum atomic E-state index is 5.53. The zero-order valence-electron chi connectivity index (χ0n) is 10.9. The van der Waals surface area contributed by atoms with Gasteiger partial charge >= 0.3 is 0 Å². The Labute approximate surface area is 121 Å². The SMILES string of the molecule is c1nc2ccc(NCc3ccc4c(c3)CCO4)cc2s1. The van der Waals surface area contributed by atoms with E-state index in [2.05, 4.69) is 46.7 Å². The molecule has 100 valence electrons. The van der Waals surface area contributed by atoms with Crippen LogP contribution in [0.4, 0.5) is 5.69 Å². The first-order valence-corrected chi connectivity index (χ1v) is 7.58. The van der Waals surface area contributed by atoms with Gasteiger partial charge in [0.2, 0.25) is 0 Å². The van der Waals surface area contributed by atoms with Gasteiger partial charge in [-0.05, 0) is 35.4 Å². The van der Waals surface area contributed by atoms with Gasteiger partial charge < -0.3 is 10.1 Å². The largest absolute Gasteiger partial charge is 0.493 e. The number of thiazole rings is 1. The van der Waals surface area contributed by atoms with Crippen LogP contribution in [0, 0.1) is 0 Å². The first-order valence-electron chi connectivity index (χ1n) is 6.70. The molecule has 20 heavy (non-hydrogen) atoms. The minimum Gasteiger partial charge on any atom is -0.493 e. The number of rotatable bonds is 3. The quantitative estimate of drug-likeness (QED) is 0.792. The monoisotopic (exact) mass is 282 g/mol. The lowest BCUT2D eigenvalue weighted by molar-refractivity contribution is 0.357. The van der Waals surface area contributed by atoms with E-state index in [-0.39, 0.29) is 0 Å². The van der Waals surface area contributed by atoms with Crippen molar-refractivity contribution in [2.75, 3.05) is 11.9 Å². The molecule has 3 nitrogen and oxygen atoms in total. The third-order valence-electron chi connectivity index (χ3n) is 3.58. The molecule has 0 radical (unpaired) electrons. The maximum absolute atomic E-state index is 5.53. The van der Waals surface area contributed by atoms with Crippen molar-refractivity contribution >= 4 is 27.2 Å². The highest BCUT2D eigenvalue weighted by Crippen LogP contribution is 2.26. The van der Waals surface area contributed by atoms with E-state index in [0.717, 1.165) is 36.5 Å². The number of aromatic nitrogens is 1. The highest BCUT2D eigenvalue weighted by atomic mass is 32.1. The summed E-state index contributed by atoms with van der Waals surface area (Å²) in [6, 6.07) is 12.7. The lowest BCUT2D eigenvalue weighted by atomic mass is 10.1. The number of nitrogens with zero attached hydrogens (tertiary/aromatic N) is 1. The number of hydrogen-bond donors (Lipinski definition) is 1. The van der Waals surface area contributed by atoms with Gasteiger partial charge in [0.05, 0.1) is 22.3 Å². The highest BCUT2D eigenvalue weighted by Gasteiger charge is 2.11. The van der Waals surface area contributed by atoms with Crippen molar-refractivity contribution < 1.29 is 4.74 Å². The second kappa shape index (κ2) is 4.80. The molecule has 0 atom stereocenters. The van der Waals surface area contributed by atoms with Crippen LogP contribution in [-0.2, 0) is 13.0 Å². The van der Waals surface area contributed by atoms with Gasteiger partial charge in [0, 0.05) is 18.7 Å². The van der Waals surface area contributed by atoms with Crippen LogP contribution in [0.25, 0.3) is 10.2 Å². The van der Waals surface area contributed by atoms with Gasteiger partial charge in [0.25, 0.3) is 0 Å². The second-order valence-corrected chi connectivity index (χ2v) is 5.82. The Morgan fingerprint density at radius 3 is 3.20 bits per heavy atom. The van der Waals surface area contributed by atoms with E-state index in [1.165, 1.54) is 15.8 Å². The summed E-state index contributed by atoms with van der Waals surface area (Å²) in [5.74, 6) is 1.04. The molecule has 0 aliphatic carbocycles. The van der Waals surface area contributed by atoms with Gasteiger partial charge in [0.15, 0.2) is 0 Å². The lowest BCUT2D eigenvalue weighted by Gasteiger charge is -2.08. The molecule has 0 saturated heterocycles. The fraction of sp³-hybridized carbons (Fsp3) is 0.188. The van der Waals surface area contributed by atoms with Crippen LogP contribution in [-0.4, -0.2) is 11.6 Å². The van der Waals surface area contributed by atoms with Crippen molar-refractivity contribution in [1.29, 1.82) is 0 Å². The van der Waals surface area contributed by atoms with Gasteiger partial charge in [-0.3, -0.25) is 0 Å². The molecule has 0 spiro atoms. The molecule has 0 fully saturated rings. The Kier molecular flexibility index (Phi) is 2.81. The Morgan fingerprint density at radius 2 is 2.20 bits per heavy atom. The molecule has 2 heterocycles. The summed E-state index contributed by atoms with van der Waals surface area (Å²) in [5.41, 5.74) is 6.70. The minimum atomic E-state index is 0.814. The van der Waals surface area contributed by atoms with Crippen LogP contribution >= 0.6 is 11.3 Å². The molecular formula is C16H14N2OS. The summed E-state index contributed by atoms with van der Waals surface area (Å²) >= 11 is 1.67. The Hall–Kier alpha value is -2.07. The predicted molar refractivity (Wildman–Crippen MR) is 82.6 cm³/mol. The average Bonchev–Trinajstić information content (AvgIpc) is 3.12. The van der Waals surface area contributed by atoms with Crippen molar-refractivity contribution in [2.45, 2.75) is 13.0 Å². The van der Waals surface area contributed by atoms with Gasteiger partial charge in [-0.25, -0.2) is 4.98 Å². The molecule has 0 amide bonds. The standard InChI is InChI=1S/C16H14N2OS/c1-4-15-12(5-6-19-15)7-11(1)9-17-13-2-3-14-16(8-13)20-10-18-14/h1-4,7-8,10,17H,5-6,9H2. The van der Waals surface area contributed by atoms with E-state index in [0.29, 0.717) is 0 Å². The molecule has 3 aromatic rings. The maximum Gasteiger partial charge on any atom is 0.122 e. The van der Waals surface area contributed by atoms with Crippen molar-refractivity contribution in [2.24, 2.45) is 0 Å². The van der Waals surface area contributed by atoms with Crippen molar-refractivity contribution in [3.8, 4) is 5.75 Å². The number of fused-ring (bicyclic) bond motifs is 2. The van der Waals surface area contributed by atoms with Crippen LogP contribution in [0.5, 0.6) is 5.75 Å². The molecule has 0 bridgehead atoms.